The maximum absolute atomic E-state index is 12.7. The van der Waals surface area contributed by atoms with Crippen molar-refractivity contribution < 1.29 is 9.21 Å². The second-order valence-electron chi connectivity index (χ2n) is 6.28. The summed E-state index contributed by atoms with van der Waals surface area (Å²) in [6.45, 7) is 2.59. The van der Waals surface area contributed by atoms with Crippen LogP contribution < -0.4 is 4.90 Å². The molecular formula is C21H20N4O2S. The minimum Gasteiger partial charge on any atom is -0.453 e. The van der Waals surface area contributed by atoms with Gasteiger partial charge in [0.25, 0.3) is 0 Å². The van der Waals surface area contributed by atoms with Crippen LogP contribution in [0.15, 0.2) is 70.2 Å². The molecule has 142 valence electrons. The van der Waals surface area contributed by atoms with Gasteiger partial charge in [-0.1, -0.05) is 48.2 Å². The predicted molar refractivity (Wildman–Crippen MR) is 111 cm³/mol. The molecule has 6 nitrogen and oxygen atoms in total. The Kier molecular flexibility index (Phi) is 5.16. The largest absolute Gasteiger partial charge is 0.453 e. The van der Waals surface area contributed by atoms with Crippen LogP contribution in [0.3, 0.4) is 0 Å². The van der Waals surface area contributed by atoms with Crippen molar-refractivity contribution in [1.29, 1.82) is 0 Å². The molecule has 2 heterocycles. The topological polar surface area (TPSA) is 64.2 Å². The van der Waals surface area contributed by atoms with Gasteiger partial charge < -0.3 is 13.9 Å². The van der Waals surface area contributed by atoms with Gasteiger partial charge >= 0.3 is 0 Å². The third-order valence-corrected chi connectivity index (χ3v) is 5.50. The first kappa shape index (κ1) is 18.3. The van der Waals surface area contributed by atoms with Crippen molar-refractivity contribution in [2.45, 2.75) is 12.1 Å². The van der Waals surface area contributed by atoms with E-state index >= 15 is 0 Å². The lowest BCUT2D eigenvalue weighted by molar-refractivity contribution is -0.116. The maximum Gasteiger partial charge on any atom is 0.237 e. The number of anilines is 1. The predicted octanol–water partition coefficient (Wildman–Crippen LogP) is 4.37. The number of aromatic nitrogens is 3. The summed E-state index contributed by atoms with van der Waals surface area (Å²) < 4.78 is 7.74. The van der Waals surface area contributed by atoms with Crippen LogP contribution in [0.5, 0.6) is 0 Å². The molecule has 2 aromatic carbocycles. The second-order valence-corrected chi connectivity index (χ2v) is 7.22. The van der Waals surface area contributed by atoms with Gasteiger partial charge in [0.05, 0.1) is 5.75 Å². The molecule has 0 fully saturated rings. The molecule has 0 unspecified atom stereocenters. The summed E-state index contributed by atoms with van der Waals surface area (Å²) >= 11 is 1.37. The monoisotopic (exact) mass is 392 g/mol. The molecule has 4 aromatic rings. The Bertz CT molecular complexity index is 1070. The molecule has 0 bridgehead atoms. The number of rotatable bonds is 6. The molecule has 0 spiro atoms. The number of hydrogen-bond acceptors (Lipinski definition) is 5. The number of benzene rings is 2. The van der Waals surface area contributed by atoms with Crippen LogP contribution in [-0.4, -0.2) is 33.0 Å². The fraction of sp³-hybridized carbons (Fsp3) is 0.190. The van der Waals surface area contributed by atoms with E-state index in [1.807, 2.05) is 79.2 Å². The van der Waals surface area contributed by atoms with Crippen LogP contribution in [0, 0.1) is 0 Å². The van der Waals surface area contributed by atoms with Gasteiger partial charge in [-0.3, -0.25) is 4.79 Å². The number of hydrogen-bond donors (Lipinski definition) is 0. The number of furan rings is 1. The number of para-hydroxylation sites is 2. The zero-order valence-electron chi connectivity index (χ0n) is 15.7. The van der Waals surface area contributed by atoms with E-state index in [0.717, 1.165) is 16.7 Å². The molecule has 0 radical (unpaired) electrons. The standard InChI is InChI=1S/C21H20N4O2S/c1-3-25(16-10-5-4-6-11-16)19(26)14-28-21-23-22-20(24(21)2)18-13-15-9-7-8-12-17(15)27-18/h4-13H,3,14H2,1-2H3. The van der Waals surface area contributed by atoms with E-state index in [1.165, 1.54) is 11.8 Å². The quantitative estimate of drug-likeness (QED) is 0.456. The smallest absolute Gasteiger partial charge is 0.237 e. The van der Waals surface area contributed by atoms with Crippen LogP contribution >= 0.6 is 11.8 Å². The summed E-state index contributed by atoms with van der Waals surface area (Å²) in [5.74, 6) is 1.62. The highest BCUT2D eigenvalue weighted by Gasteiger charge is 2.18. The number of carbonyl (C=O) groups is 1. The van der Waals surface area contributed by atoms with Gasteiger partial charge in [0.15, 0.2) is 16.7 Å². The van der Waals surface area contributed by atoms with Crippen molar-refractivity contribution in [2.75, 3.05) is 17.2 Å². The van der Waals surface area contributed by atoms with E-state index < -0.39 is 0 Å². The molecule has 0 aliphatic rings. The number of nitrogens with zero attached hydrogens (tertiary/aromatic N) is 4. The Labute approximate surface area is 167 Å². The van der Waals surface area contributed by atoms with Crippen molar-refractivity contribution in [1.82, 2.24) is 14.8 Å². The molecule has 28 heavy (non-hydrogen) atoms. The Morgan fingerprint density at radius 3 is 2.61 bits per heavy atom. The lowest BCUT2D eigenvalue weighted by Gasteiger charge is -2.20. The van der Waals surface area contributed by atoms with Gasteiger partial charge in [0.1, 0.15) is 5.58 Å². The number of carbonyl (C=O) groups excluding carboxylic acids is 1. The molecule has 4 rings (SSSR count). The summed E-state index contributed by atoms with van der Waals surface area (Å²) in [5.41, 5.74) is 1.71. The fourth-order valence-electron chi connectivity index (χ4n) is 3.06. The van der Waals surface area contributed by atoms with Gasteiger partial charge in [0, 0.05) is 24.7 Å². The van der Waals surface area contributed by atoms with Crippen molar-refractivity contribution in [2.24, 2.45) is 7.05 Å². The lowest BCUT2D eigenvalue weighted by atomic mass is 10.2. The van der Waals surface area contributed by atoms with Gasteiger partial charge in [-0.2, -0.15) is 0 Å². The van der Waals surface area contributed by atoms with Crippen LogP contribution in [0.2, 0.25) is 0 Å². The van der Waals surface area contributed by atoms with Gasteiger partial charge in [-0.15, -0.1) is 10.2 Å². The number of thioether (sulfide) groups is 1. The summed E-state index contributed by atoms with van der Waals surface area (Å²) in [6, 6.07) is 19.5. The number of fused-ring (bicyclic) bond motifs is 1. The minimum absolute atomic E-state index is 0.0342. The summed E-state index contributed by atoms with van der Waals surface area (Å²) in [5, 5.41) is 10.2. The first-order valence-corrected chi connectivity index (χ1v) is 10.0. The van der Waals surface area contributed by atoms with Crippen LogP contribution in [0.4, 0.5) is 5.69 Å². The minimum atomic E-state index is 0.0342. The second kappa shape index (κ2) is 7.90. The average molecular weight is 392 g/mol. The molecule has 0 atom stereocenters. The van der Waals surface area contributed by atoms with Crippen LogP contribution in [0.25, 0.3) is 22.6 Å². The van der Waals surface area contributed by atoms with E-state index in [-0.39, 0.29) is 11.7 Å². The normalized spacial score (nSPS) is 11.1. The number of amides is 1. The Morgan fingerprint density at radius 2 is 1.86 bits per heavy atom. The zero-order valence-corrected chi connectivity index (χ0v) is 16.5. The van der Waals surface area contributed by atoms with Crippen molar-refractivity contribution in [3.8, 4) is 11.6 Å². The molecule has 0 saturated heterocycles. The van der Waals surface area contributed by atoms with E-state index in [1.54, 1.807) is 4.90 Å². The van der Waals surface area contributed by atoms with Crippen molar-refractivity contribution >= 4 is 34.3 Å². The summed E-state index contributed by atoms with van der Waals surface area (Å²) in [7, 11) is 1.88. The SMILES string of the molecule is CCN(C(=O)CSc1nnc(-c2cc3ccccc3o2)n1C)c1ccccc1. The Hall–Kier alpha value is -3.06. The van der Waals surface area contributed by atoms with Gasteiger partial charge in [-0.05, 0) is 31.2 Å². The molecule has 2 aromatic heterocycles. The molecular weight excluding hydrogens is 372 g/mol. The molecule has 0 N–H and O–H groups in total. The first-order chi connectivity index (χ1) is 13.7. The molecule has 0 aliphatic heterocycles. The average Bonchev–Trinajstić information content (AvgIpc) is 3.31. The summed E-state index contributed by atoms with van der Waals surface area (Å²) in [6.07, 6.45) is 0. The molecule has 1 amide bonds. The van der Waals surface area contributed by atoms with E-state index in [4.69, 9.17) is 4.42 Å². The maximum atomic E-state index is 12.7. The van der Waals surface area contributed by atoms with E-state index in [2.05, 4.69) is 10.2 Å². The van der Waals surface area contributed by atoms with E-state index in [0.29, 0.717) is 23.3 Å². The Morgan fingerprint density at radius 1 is 1.11 bits per heavy atom. The first-order valence-electron chi connectivity index (χ1n) is 9.04. The third kappa shape index (κ3) is 3.53. The van der Waals surface area contributed by atoms with Crippen molar-refractivity contribution in [3.63, 3.8) is 0 Å². The fourth-order valence-corrected chi connectivity index (χ4v) is 3.85. The molecule has 7 heteroatoms. The zero-order chi connectivity index (χ0) is 19.5. The highest BCUT2D eigenvalue weighted by Crippen LogP contribution is 2.28. The van der Waals surface area contributed by atoms with Gasteiger partial charge in [-0.25, -0.2) is 0 Å². The molecule has 0 saturated carbocycles. The highest BCUT2D eigenvalue weighted by atomic mass is 32.2. The third-order valence-electron chi connectivity index (χ3n) is 4.49. The van der Waals surface area contributed by atoms with Crippen LogP contribution in [0.1, 0.15) is 6.92 Å². The Balaban J connectivity index is 1.49. The summed E-state index contributed by atoms with van der Waals surface area (Å²) in [4.78, 5) is 14.5. The highest BCUT2D eigenvalue weighted by molar-refractivity contribution is 7.99. The van der Waals surface area contributed by atoms with Crippen LogP contribution in [-0.2, 0) is 11.8 Å². The van der Waals surface area contributed by atoms with Crippen molar-refractivity contribution in [3.05, 3.63) is 60.7 Å². The van der Waals surface area contributed by atoms with Gasteiger partial charge in [0.2, 0.25) is 5.91 Å². The lowest BCUT2D eigenvalue weighted by Crippen LogP contribution is -2.32. The van der Waals surface area contributed by atoms with E-state index in [9.17, 15) is 4.79 Å². The molecule has 0 aliphatic carbocycles.